The first-order valence-corrected chi connectivity index (χ1v) is 10.2. The third-order valence-corrected chi connectivity index (χ3v) is 5.03. The highest BCUT2D eigenvalue weighted by Gasteiger charge is 2.39. The van der Waals surface area contributed by atoms with Gasteiger partial charge in [-0.1, -0.05) is 30.5 Å². The molecule has 0 atom stereocenters. The van der Waals surface area contributed by atoms with Gasteiger partial charge in [0.05, 0.1) is 11.4 Å². The summed E-state index contributed by atoms with van der Waals surface area (Å²) >= 11 is 1.32. The van der Waals surface area contributed by atoms with Crippen LogP contribution in [0.2, 0.25) is 0 Å². The van der Waals surface area contributed by atoms with E-state index in [0.29, 0.717) is 10.8 Å². The Kier molecular flexibility index (Phi) is 8.49. The molecule has 0 aliphatic carbocycles. The molecule has 0 spiro atoms. The molecule has 0 saturated heterocycles. The Morgan fingerprint density at radius 2 is 2.06 bits per heavy atom. The van der Waals surface area contributed by atoms with Crippen LogP contribution in [0.5, 0.6) is 11.5 Å². The first-order chi connectivity index (χ1) is 15.4. The summed E-state index contributed by atoms with van der Waals surface area (Å²) in [6.07, 6.45) is -2.49. The summed E-state index contributed by atoms with van der Waals surface area (Å²) < 4.78 is 60.8. The zero-order valence-electron chi connectivity index (χ0n) is 17.4. The number of aromatic nitrogens is 1. The van der Waals surface area contributed by atoms with E-state index in [4.69, 9.17) is 16.3 Å². The number of benzene rings is 1. The Morgan fingerprint density at radius 1 is 1.36 bits per heavy atom. The number of hydrogen-bond donors (Lipinski definition) is 3. The van der Waals surface area contributed by atoms with E-state index < -0.39 is 29.3 Å². The molecular weight excluding hydrogens is 462 g/mol. The lowest BCUT2D eigenvalue weighted by Gasteiger charge is -2.25. The van der Waals surface area contributed by atoms with Gasteiger partial charge in [0.15, 0.2) is 17.3 Å². The van der Waals surface area contributed by atoms with Crippen LogP contribution in [-0.4, -0.2) is 22.8 Å². The number of thioether (sulfide) groups is 1. The van der Waals surface area contributed by atoms with Crippen LogP contribution in [0.25, 0.3) is 0 Å². The van der Waals surface area contributed by atoms with Gasteiger partial charge in [-0.3, -0.25) is 9.80 Å². The fourth-order valence-corrected chi connectivity index (χ4v) is 3.16. The Morgan fingerprint density at radius 3 is 2.67 bits per heavy atom. The van der Waals surface area contributed by atoms with Crippen LogP contribution in [0.3, 0.4) is 0 Å². The summed E-state index contributed by atoms with van der Waals surface area (Å²) in [5, 5.41) is 2.42. The fourth-order valence-electron chi connectivity index (χ4n) is 2.39. The number of amides is 1. The lowest BCUT2D eigenvalue weighted by molar-refractivity contribution is -0.117. The monoisotopic (exact) mass is 483 g/mol. The van der Waals surface area contributed by atoms with Gasteiger partial charge in [-0.2, -0.15) is 13.2 Å². The number of hydrazine groups is 1. The third-order valence-electron chi connectivity index (χ3n) is 3.81. The van der Waals surface area contributed by atoms with E-state index in [-0.39, 0.29) is 28.3 Å². The Labute approximate surface area is 191 Å². The van der Waals surface area contributed by atoms with Crippen molar-refractivity contribution in [1.82, 2.24) is 10.3 Å². The van der Waals surface area contributed by atoms with Gasteiger partial charge in [0.25, 0.3) is 0 Å². The SMILES string of the molecule is C=CNC(=O)/C=C(\N(N)c1cc(Oc2cccnc2SCC(=C)C)c(N)cc1F)C(F)(F)F. The molecule has 0 saturated carbocycles. The first-order valence-electron chi connectivity index (χ1n) is 9.18. The standard InChI is InChI=1S/C21H21F4N5O2S/c1-4-28-19(31)10-18(21(23,24)25)30(27)15-9-17(14(26)8-13(15)22)32-16-6-5-7-29-20(16)33-11-12(2)3/h4-10H,1-2,11,26-27H2,3H3,(H,28,31)/b18-10-. The topological polar surface area (TPSA) is 106 Å². The molecule has 176 valence electrons. The van der Waals surface area contributed by atoms with Crippen LogP contribution in [0.4, 0.5) is 28.9 Å². The van der Waals surface area contributed by atoms with E-state index in [1.54, 1.807) is 12.1 Å². The van der Waals surface area contributed by atoms with Crippen LogP contribution in [-0.2, 0) is 4.79 Å². The van der Waals surface area contributed by atoms with Crippen molar-refractivity contribution in [1.29, 1.82) is 0 Å². The number of ether oxygens (including phenoxy) is 1. The number of nitrogens with two attached hydrogens (primary N) is 2. The average molecular weight is 483 g/mol. The molecule has 2 rings (SSSR count). The predicted octanol–water partition coefficient (Wildman–Crippen LogP) is 4.65. The maximum absolute atomic E-state index is 14.5. The number of rotatable bonds is 9. The molecule has 7 nitrogen and oxygen atoms in total. The van der Waals surface area contributed by atoms with Crippen molar-refractivity contribution in [3.05, 3.63) is 73.0 Å². The van der Waals surface area contributed by atoms with E-state index in [2.05, 4.69) is 18.1 Å². The maximum atomic E-state index is 14.5. The molecular formula is C21H21F4N5O2S. The van der Waals surface area contributed by atoms with E-state index >= 15 is 0 Å². The van der Waals surface area contributed by atoms with E-state index in [1.165, 1.54) is 18.0 Å². The van der Waals surface area contributed by atoms with Gasteiger partial charge >= 0.3 is 6.18 Å². The summed E-state index contributed by atoms with van der Waals surface area (Å²) in [4.78, 5) is 15.8. The largest absolute Gasteiger partial charge is 0.452 e. The molecule has 0 aliphatic heterocycles. The number of carbonyl (C=O) groups excluding carboxylic acids is 1. The van der Waals surface area contributed by atoms with Gasteiger partial charge in [-0.15, -0.1) is 0 Å². The molecule has 1 heterocycles. The molecule has 5 N–H and O–H groups in total. The van der Waals surface area contributed by atoms with Crippen LogP contribution in [0, 0.1) is 5.82 Å². The molecule has 12 heteroatoms. The Bertz CT molecular complexity index is 1090. The first kappa shape index (κ1) is 25.7. The number of nitrogens with one attached hydrogen (secondary N) is 1. The smallest absolute Gasteiger partial charge is 0.433 e. The lowest BCUT2D eigenvalue weighted by Crippen LogP contribution is -2.39. The van der Waals surface area contributed by atoms with Crippen molar-refractivity contribution in [2.45, 2.75) is 18.1 Å². The van der Waals surface area contributed by atoms with Crippen molar-refractivity contribution >= 4 is 29.0 Å². The maximum Gasteiger partial charge on any atom is 0.433 e. The third kappa shape index (κ3) is 6.99. The van der Waals surface area contributed by atoms with Crippen LogP contribution in [0.1, 0.15) is 6.92 Å². The molecule has 33 heavy (non-hydrogen) atoms. The lowest BCUT2D eigenvalue weighted by atomic mass is 10.2. The Hall–Kier alpha value is -3.51. The molecule has 1 amide bonds. The summed E-state index contributed by atoms with van der Waals surface area (Å²) in [6.45, 7) is 8.83. The van der Waals surface area contributed by atoms with Gasteiger partial charge in [0, 0.05) is 30.2 Å². The predicted molar refractivity (Wildman–Crippen MR) is 120 cm³/mol. The average Bonchev–Trinajstić information content (AvgIpc) is 2.72. The summed E-state index contributed by atoms with van der Waals surface area (Å²) in [5.74, 6) is 3.87. The second-order valence-corrected chi connectivity index (χ2v) is 7.57. The number of alkyl halides is 3. The number of nitrogen functional groups attached to an aromatic ring is 1. The highest BCUT2D eigenvalue weighted by Crippen LogP contribution is 2.39. The van der Waals surface area contributed by atoms with Crippen LogP contribution in [0.15, 0.2) is 72.2 Å². The molecule has 0 fully saturated rings. The molecule has 2 aromatic rings. The molecule has 0 unspecified atom stereocenters. The molecule has 1 aromatic carbocycles. The zero-order chi connectivity index (χ0) is 24.8. The van der Waals surface area contributed by atoms with Crippen molar-refractivity contribution in [3.8, 4) is 11.5 Å². The molecule has 0 aliphatic rings. The second-order valence-electron chi connectivity index (χ2n) is 6.61. The number of carbonyl (C=O) groups is 1. The minimum Gasteiger partial charge on any atom is -0.452 e. The fraction of sp³-hybridized carbons (Fsp3) is 0.143. The molecule has 0 bridgehead atoms. The van der Waals surface area contributed by atoms with Crippen molar-refractivity contribution in [2.24, 2.45) is 5.84 Å². The minimum atomic E-state index is -5.09. The minimum absolute atomic E-state index is 0.00964. The normalized spacial score (nSPS) is 11.6. The van der Waals surface area contributed by atoms with Crippen molar-refractivity contribution in [3.63, 3.8) is 0 Å². The Balaban J connectivity index is 2.47. The van der Waals surface area contributed by atoms with Crippen molar-refractivity contribution in [2.75, 3.05) is 16.5 Å². The zero-order valence-corrected chi connectivity index (χ0v) is 18.3. The number of halogens is 4. The highest BCUT2D eigenvalue weighted by atomic mass is 32.2. The quantitative estimate of drug-likeness (QED) is 0.0907. The summed E-state index contributed by atoms with van der Waals surface area (Å²) in [7, 11) is 0. The highest BCUT2D eigenvalue weighted by molar-refractivity contribution is 7.99. The van der Waals surface area contributed by atoms with E-state index in [1.807, 2.05) is 12.2 Å². The van der Waals surface area contributed by atoms with Gasteiger partial charge in [0.2, 0.25) is 5.91 Å². The number of anilines is 2. The number of nitrogens with zero attached hydrogens (tertiary/aromatic N) is 2. The van der Waals surface area contributed by atoms with Crippen LogP contribution < -0.4 is 26.6 Å². The summed E-state index contributed by atoms with van der Waals surface area (Å²) in [5.41, 5.74) is 4.15. The van der Waals surface area contributed by atoms with Crippen molar-refractivity contribution < 1.29 is 27.1 Å². The molecule has 0 radical (unpaired) electrons. The second kappa shape index (κ2) is 10.9. The number of hydrogen-bond acceptors (Lipinski definition) is 7. The van der Waals surface area contributed by atoms with E-state index in [0.717, 1.165) is 23.9 Å². The van der Waals surface area contributed by atoms with Gasteiger partial charge in [-0.25, -0.2) is 15.2 Å². The number of allylic oxidation sites excluding steroid dienone is 1. The van der Waals surface area contributed by atoms with E-state index in [9.17, 15) is 22.4 Å². The molecule has 1 aromatic heterocycles. The summed E-state index contributed by atoms with van der Waals surface area (Å²) in [6, 6.07) is 4.81. The number of pyridine rings is 1. The van der Waals surface area contributed by atoms with Gasteiger partial charge < -0.3 is 15.8 Å². The van der Waals surface area contributed by atoms with Gasteiger partial charge in [-0.05, 0) is 25.3 Å². The van der Waals surface area contributed by atoms with Crippen LogP contribution >= 0.6 is 11.8 Å². The van der Waals surface area contributed by atoms with Gasteiger partial charge in [0.1, 0.15) is 10.7 Å².